The van der Waals surface area contributed by atoms with E-state index in [2.05, 4.69) is 10.3 Å². The minimum atomic E-state index is -0.200. The predicted molar refractivity (Wildman–Crippen MR) is 78.2 cm³/mol. The molecular weight excluding hydrogens is 294 g/mol. The van der Waals surface area contributed by atoms with Crippen molar-refractivity contribution in [3.8, 4) is 5.75 Å². The molecule has 2 heterocycles. The zero-order valence-electron chi connectivity index (χ0n) is 11.8. The Balaban J connectivity index is 1.79. The van der Waals surface area contributed by atoms with Gasteiger partial charge in [0.2, 0.25) is 11.8 Å². The van der Waals surface area contributed by atoms with Crippen molar-refractivity contribution in [1.29, 1.82) is 0 Å². The minimum absolute atomic E-state index is 0.0368. The van der Waals surface area contributed by atoms with Crippen molar-refractivity contribution in [3.05, 3.63) is 23.5 Å². The number of nitrogens with zero attached hydrogens (tertiary/aromatic N) is 2. The van der Waals surface area contributed by atoms with Crippen molar-refractivity contribution in [1.82, 2.24) is 15.2 Å². The van der Waals surface area contributed by atoms with Gasteiger partial charge in [-0.2, -0.15) is 0 Å². The SMILES string of the molecule is CC(=O)NCC(=O)N1CCC(Oc2ccncc2Cl)CC1. The van der Waals surface area contributed by atoms with Crippen molar-refractivity contribution >= 4 is 23.4 Å². The summed E-state index contributed by atoms with van der Waals surface area (Å²) in [5.41, 5.74) is 0. The fourth-order valence-electron chi connectivity index (χ4n) is 2.17. The van der Waals surface area contributed by atoms with Crippen molar-refractivity contribution in [2.75, 3.05) is 19.6 Å². The van der Waals surface area contributed by atoms with Crippen LogP contribution in [0.4, 0.5) is 0 Å². The van der Waals surface area contributed by atoms with Crippen LogP contribution in [0.5, 0.6) is 5.75 Å². The third-order valence-electron chi connectivity index (χ3n) is 3.31. The third kappa shape index (κ3) is 4.60. The largest absolute Gasteiger partial charge is 0.489 e. The van der Waals surface area contributed by atoms with Gasteiger partial charge in [-0.1, -0.05) is 11.6 Å². The quantitative estimate of drug-likeness (QED) is 0.908. The Morgan fingerprint density at radius 3 is 2.81 bits per heavy atom. The molecule has 114 valence electrons. The van der Waals surface area contributed by atoms with Gasteiger partial charge in [0.15, 0.2) is 0 Å². The maximum Gasteiger partial charge on any atom is 0.241 e. The number of carbonyl (C=O) groups excluding carboxylic acids is 2. The molecule has 1 aliphatic rings. The Morgan fingerprint density at radius 2 is 2.19 bits per heavy atom. The monoisotopic (exact) mass is 311 g/mol. The number of amides is 2. The highest BCUT2D eigenvalue weighted by Gasteiger charge is 2.24. The second-order valence-electron chi connectivity index (χ2n) is 4.91. The van der Waals surface area contributed by atoms with Crippen LogP contribution in [0.15, 0.2) is 18.5 Å². The molecule has 21 heavy (non-hydrogen) atoms. The Morgan fingerprint density at radius 1 is 1.48 bits per heavy atom. The number of aromatic nitrogens is 1. The van der Waals surface area contributed by atoms with E-state index >= 15 is 0 Å². The number of hydrogen-bond acceptors (Lipinski definition) is 4. The summed E-state index contributed by atoms with van der Waals surface area (Å²) < 4.78 is 5.83. The van der Waals surface area contributed by atoms with Crippen molar-refractivity contribution in [2.45, 2.75) is 25.9 Å². The predicted octanol–water partition coefficient (Wildman–Crippen LogP) is 1.24. The standard InChI is InChI=1S/C14H18ClN3O3/c1-10(19)17-9-14(20)18-6-3-11(4-7-18)21-13-2-5-16-8-12(13)15/h2,5,8,11H,3-4,6-7,9H2,1H3,(H,17,19). The molecular formula is C14H18ClN3O3. The first kappa shape index (κ1) is 15.6. The highest BCUT2D eigenvalue weighted by atomic mass is 35.5. The van der Waals surface area contributed by atoms with E-state index < -0.39 is 0 Å². The summed E-state index contributed by atoms with van der Waals surface area (Å²) in [6.45, 7) is 2.68. The van der Waals surface area contributed by atoms with E-state index in [1.165, 1.54) is 6.92 Å². The first-order valence-electron chi connectivity index (χ1n) is 6.84. The van der Waals surface area contributed by atoms with Crippen molar-refractivity contribution < 1.29 is 14.3 Å². The maximum absolute atomic E-state index is 11.9. The maximum atomic E-state index is 11.9. The first-order chi connectivity index (χ1) is 10.1. The van der Waals surface area contributed by atoms with Crippen LogP contribution in [0, 0.1) is 0 Å². The van der Waals surface area contributed by atoms with E-state index in [0.29, 0.717) is 23.9 Å². The van der Waals surface area contributed by atoms with E-state index in [4.69, 9.17) is 16.3 Å². The van der Waals surface area contributed by atoms with Gasteiger partial charge in [0.25, 0.3) is 0 Å². The molecule has 2 amide bonds. The van der Waals surface area contributed by atoms with Crippen molar-refractivity contribution in [3.63, 3.8) is 0 Å². The van der Waals surface area contributed by atoms with Crippen LogP contribution in [0.2, 0.25) is 5.02 Å². The molecule has 1 aromatic rings. The summed E-state index contributed by atoms with van der Waals surface area (Å²) in [7, 11) is 0. The molecule has 0 radical (unpaired) electrons. The molecule has 1 aromatic heterocycles. The van der Waals surface area contributed by atoms with Crippen LogP contribution in [-0.2, 0) is 9.59 Å². The van der Waals surface area contributed by atoms with Gasteiger partial charge in [0.05, 0.1) is 6.54 Å². The number of hydrogen-bond donors (Lipinski definition) is 1. The topological polar surface area (TPSA) is 71.5 Å². The van der Waals surface area contributed by atoms with Gasteiger partial charge < -0.3 is 15.0 Å². The van der Waals surface area contributed by atoms with Gasteiger partial charge in [-0.25, -0.2) is 0 Å². The molecule has 0 unspecified atom stereocenters. The fourth-order valence-corrected chi connectivity index (χ4v) is 2.34. The molecule has 7 heteroatoms. The summed E-state index contributed by atoms with van der Waals surface area (Å²) in [6, 6.07) is 1.73. The molecule has 0 atom stereocenters. The lowest BCUT2D eigenvalue weighted by atomic mass is 10.1. The molecule has 1 fully saturated rings. The van der Waals surface area contributed by atoms with Gasteiger partial charge in [-0.15, -0.1) is 0 Å². The van der Waals surface area contributed by atoms with Gasteiger partial charge >= 0.3 is 0 Å². The van der Waals surface area contributed by atoms with Crippen LogP contribution < -0.4 is 10.1 Å². The zero-order valence-corrected chi connectivity index (χ0v) is 12.6. The lowest BCUT2D eigenvalue weighted by Crippen LogP contribution is -2.45. The van der Waals surface area contributed by atoms with E-state index in [0.717, 1.165) is 12.8 Å². The lowest BCUT2D eigenvalue weighted by molar-refractivity contribution is -0.134. The van der Waals surface area contributed by atoms with Crippen molar-refractivity contribution in [2.24, 2.45) is 0 Å². The molecule has 1 aliphatic heterocycles. The molecule has 0 spiro atoms. The number of nitrogens with one attached hydrogen (secondary N) is 1. The number of carbonyl (C=O) groups is 2. The van der Waals surface area contributed by atoms with Gasteiger partial charge in [0, 0.05) is 51.3 Å². The number of rotatable bonds is 4. The van der Waals surface area contributed by atoms with Crippen LogP contribution in [0.25, 0.3) is 0 Å². The summed E-state index contributed by atoms with van der Waals surface area (Å²) in [5.74, 6) is 0.356. The Kier molecular flexibility index (Phi) is 5.38. The summed E-state index contributed by atoms with van der Waals surface area (Å²) >= 11 is 6.00. The third-order valence-corrected chi connectivity index (χ3v) is 3.60. The first-order valence-corrected chi connectivity index (χ1v) is 7.22. The summed E-state index contributed by atoms with van der Waals surface area (Å²) in [6.07, 6.45) is 4.69. The molecule has 0 saturated carbocycles. The van der Waals surface area contributed by atoms with E-state index in [-0.39, 0.29) is 24.5 Å². The smallest absolute Gasteiger partial charge is 0.241 e. The summed E-state index contributed by atoms with van der Waals surface area (Å²) in [4.78, 5) is 28.3. The Hall–Kier alpha value is -1.82. The van der Waals surface area contributed by atoms with Crippen LogP contribution >= 0.6 is 11.6 Å². The number of piperidine rings is 1. The van der Waals surface area contributed by atoms with E-state index in [1.54, 1.807) is 23.4 Å². The second-order valence-corrected chi connectivity index (χ2v) is 5.32. The average Bonchev–Trinajstić information content (AvgIpc) is 2.48. The molecule has 1 saturated heterocycles. The van der Waals surface area contributed by atoms with Crippen LogP contribution in [-0.4, -0.2) is 47.4 Å². The highest BCUT2D eigenvalue weighted by molar-refractivity contribution is 6.31. The van der Waals surface area contributed by atoms with Crippen LogP contribution in [0.3, 0.4) is 0 Å². The Bertz CT molecular complexity index is 516. The molecule has 6 nitrogen and oxygen atoms in total. The van der Waals surface area contributed by atoms with Crippen LogP contribution in [0.1, 0.15) is 19.8 Å². The number of likely N-dealkylation sites (tertiary alicyclic amines) is 1. The van der Waals surface area contributed by atoms with Gasteiger partial charge in [-0.3, -0.25) is 14.6 Å². The summed E-state index contributed by atoms with van der Waals surface area (Å²) in [5, 5.41) is 3.00. The number of pyridine rings is 1. The van der Waals surface area contributed by atoms with E-state index in [1.807, 2.05) is 0 Å². The molecule has 0 aromatic carbocycles. The number of ether oxygens (including phenoxy) is 1. The number of halogens is 1. The van der Waals surface area contributed by atoms with Gasteiger partial charge in [-0.05, 0) is 0 Å². The zero-order chi connectivity index (χ0) is 15.2. The Labute approximate surface area is 128 Å². The minimum Gasteiger partial charge on any atom is -0.489 e. The van der Waals surface area contributed by atoms with E-state index in [9.17, 15) is 9.59 Å². The molecule has 0 bridgehead atoms. The normalized spacial score (nSPS) is 15.6. The average molecular weight is 312 g/mol. The molecule has 0 aliphatic carbocycles. The van der Waals surface area contributed by atoms with Gasteiger partial charge in [0.1, 0.15) is 16.9 Å². The molecule has 1 N–H and O–H groups in total. The molecule has 2 rings (SSSR count). The second kappa shape index (κ2) is 7.26. The highest BCUT2D eigenvalue weighted by Crippen LogP contribution is 2.25. The fraction of sp³-hybridized carbons (Fsp3) is 0.500. The lowest BCUT2D eigenvalue weighted by Gasteiger charge is -2.32.